The van der Waals surface area contributed by atoms with Crippen LogP contribution in [0.1, 0.15) is 45.6 Å². The summed E-state index contributed by atoms with van der Waals surface area (Å²) in [4.78, 5) is 11.4. The highest BCUT2D eigenvalue weighted by Gasteiger charge is 2.07. The number of carbonyl (C=O) groups excluding carboxylic acids is 1. The van der Waals surface area contributed by atoms with Crippen molar-refractivity contribution >= 4 is 17.3 Å². The van der Waals surface area contributed by atoms with Gasteiger partial charge in [0.2, 0.25) is 5.91 Å². The van der Waals surface area contributed by atoms with Gasteiger partial charge in [-0.2, -0.15) is 0 Å². The molecule has 0 fully saturated rings. The summed E-state index contributed by atoms with van der Waals surface area (Å²) in [5, 5.41) is 6.42. The van der Waals surface area contributed by atoms with Crippen molar-refractivity contribution < 1.29 is 4.79 Å². The number of carbonyl (C=O) groups is 1. The molecule has 0 aliphatic carbocycles. The molecule has 1 amide bonds. The van der Waals surface area contributed by atoms with Crippen molar-refractivity contribution in [1.82, 2.24) is 0 Å². The Labute approximate surface area is 110 Å². The average molecular weight is 248 g/mol. The maximum absolute atomic E-state index is 11.4. The second-order valence-electron chi connectivity index (χ2n) is 4.59. The summed E-state index contributed by atoms with van der Waals surface area (Å²) < 4.78 is 0. The van der Waals surface area contributed by atoms with Crippen LogP contribution in [0.25, 0.3) is 0 Å². The van der Waals surface area contributed by atoms with E-state index in [4.69, 9.17) is 0 Å². The van der Waals surface area contributed by atoms with Crippen LogP contribution in [0.3, 0.4) is 0 Å². The zero-order chi connectivity index (χ0) is 13.5. The van der Waals surface area contributed by atoms with Gasteiger partial charge in [-0.1, -0.05) is 26.8 Å². The molecule has 2 N–H and O–H groups in total. The van der Waals surface area contributed by atoms with Crippen molar-refractivity contribution in [2.45, 2.75) is 53.0 Å². The second-order valence-corrected chi connectivity index (χ2v) is 4.59. The van der Waals surface area contributed by atoms with Crippen LogP contribution >= 0.6 is 0 Å². The van der Waals surface area contributed by atoms with Gasteiger partial charge < -0.3 is 10.6 Å². The molecule has 0 atom stereocenters. The van der Waals surface area contributed by atoms with Gasteiger partial charge in [-0.15, -0.1) is 0 Å². The van der Waals surface area contributed by atoms with Crippen molar-refractivity contribution in [3.8, 4) is 0 Å². The fourth-order valence-electron chi connectivity index (χ4n) is 1.82. The summed E-state index contributed by atoms with van der Waals surface area (Å²) >= 11 is 0. The number of benzene rings is 1. The molecule has 0 saturated carbocycles. The minimum Gasteiger partial charge on any atom is -0.382 e. The molecule has 0 aromatic heterocycles. The van der Waals surface area contributed by atoms with Crippen LogP contribution in [-0.4, -0.2) is 11.9 Å². The molecule has 0 aliphatic heterocycles. The molecule has 0 heterocycles. The monoisotopic (exact) mass is 248 g/mol. The molecule has 18 heavy (non-hydrogen) atoms. The average Bonchev–Trinajstić information content (AvgIpc) is 2.39. The first-order valence-electron chi connectivity index (χ1n) is 6.77. The van der Waals surface area contributed by atoms with Crippen molar-refractivity contribution in [1.29, 1.82) is 0 Å². The highest BCUT2D eigenvalue weighted by atomic mass is 16.1. The minimum atomic E-state index is 0.0485. The number of amides is 1. The maximum atomic E-state index is 11.4. The van der Waals surface area contributed by atoms with Crippen LogP contribution in [0.5, 0.6) is 0 Å². The fourth-order valence-corrected chi connectivity index (χ4v) is 1.82. The number of anilines is 2. The highest BCUT2D eigenvalue weighted by molar-refractivity contribution is 5.91. The predicted molar refractivity (Wildman–Crippen MR) is 78.1 cm³/mol. The van der Waals surface area contributed by atoms with E-state index in [1.54, 1.807) is 0 Å². The normalized spacial score (nSPS) is 10.5. The van der Waals surface area contributed by atoms with Crippen molar-refractivity contribution in [3.05, 3.63) is 23.8 Å². The Balaban J connectivity index is 2.83. The van der Waals surface area contributed by atoms with Gasteiger partial charge >= 0.3 is 0 Å². The molecule has 0 radical (unpaired) electrons. The van der Waals surface area contributed by atoms with E-state index in [1.807, 2.05) is 25.1 Å². The SMILES string of the molecule is CCC(=O)Nc1ccc(C)c(NC(CC)CC)c1. The number of hydrogen-bond donors (Lipinski definition) is 2. The standard InChI is InChI=1S/C15H24N2O/c1-5-12(6-2)16-14-10-13(9-8-11(14)4)17-15(18)7-3/h8-10,12,16H,5-7H2,1-4H3,(H,17,18). The third-order valence-corrected chi connectivity index (χ3v) is 3.19. The summed E-state index contributed by atoms with van der Waals surface area (Å²) in [6.45, 7) is 8.29. The quantitative estimate of drug-likeness (QED) is 0.800. The molecular formula is C15H24N2O. The van der Waals surface area contributed by atoms with E-state index in [-0.39, 0.29) is 5.91 Å². The molecule has 0 bridgehead atoms. The summed E-state index contributed by atoms with van der Waals surface area (Å²) in [6.07, 6.45) is 2.70. The molecule has 1 aromatic carbocycles. The number of rotatable bonds is 6. The van der Waals surface area contributed by atoms with Gasteiger partial charge in [-0.05, 0) is 37.5 Å². The van der Waals surface area contributed by atoms with E-state index in [0.717, 1.165) is 24.2 Å². The van der Waals surface area contributed by atoms with Gasteiger partial charge in [0.05, 0.1) is 0 Å². The molecule has 0 spiro atoms. The summed E-state index contributed by atoms with van der Waals surface area (Å²) in [7, 11) is 0. The Morgan fingerprint density at radius 2 is 1.89 bits per heavy atom. The van der Waals surface area contributed by atoms with Crippen LogP contribution in [0, 0.1) is 6.92 Å². The molecular weight excluding hydrogens is 224 g/mol. The molecule has 0 saturated heterocycles. The first-order chi connectivity index (χ1) is 8.60. The molecule has 3 heteroatoms. The topological polar surface area (TPSA) is 41.1 Å². The van der Waals surface area contributed by atoms with Crippen LogP contribution < -0.4 is 10.6 Å². The van der Waals surface area contributed by atoms with Gasteiger partial charge in [0.25, 0.3) is 0 Å². The van der Waals surface area contributed by atoms with Gasteiger partial charge in [0.1, 0.15) is 0 Å². The highest BCUT2D eigenvalue weighted by Crippen LogP contribution is 2.22. The number of hydrogen-bond acceptors (Lipinski definition) is 2. The van der Waals surface area contributed by atoms with E-state index in [0.29, 0.717) is 12.5 Å². The number of nitrogens with one attached hydrogen (secondary N) is 2. The lowest BCUT2D eigenvalue weighted by molar-refractivity contribution is -0.115. The molecule has 100 valence electrons. The number of aryl methyl sites for hydroxylation is 1. The first kappa shape index (κ1) is 14.6. The lowest BCUT2D eigenvalue weighted by Gasteiger charge is -2.19. The maximum Gasteiger partial charge on any atom is 0.224 e. The smallest absolute Gasteiger partial charge is 0.224 e. The van der Waals surface area contributed by atoms with E-state index < -0.39 is 0 Å². The van der Waals surface area contributed by atoms with E-state index in [2.05, 4.69) is 31.4 Å². The third-order valence-electron chi connectivity index (χ3n) is 3.19. The van der Waals surface area contributed by atoms with E-state index in [1.165, 1.54) is 5.56 Å². The third kappa shape index (κ3) is 4.06. The fraction of sp³-hybridized carbons (Fsp3) is 0.533. The zero-order valence-corrected chi connectivity index (χ0v) is 11.8. The Kier molecular flexibility index (Phi) is 5.69. The molecule has 1 aromatic rings. The Bertz CT molecular complexity index is 397. The van der Waals surface area contributed by atoms with Crippen molar-refractivity contribution in [2.24, 2.45) is 0 Å². The largest absolute Gasteiger partial charge is 0.382 e. The van der Waals surface area contributed by atoms with Crippen molar-refractivity contribution in [2.75, 3.05) is 10.6 Å². The van der Waals surface area contributed by atoms with Crippen molar-refractivity contribution in [3.63, 3.8) is 0 Å². The Morgan fingerprint density at radius 3 is 2.44 bits per heavy atom. The van der Waals surface area contributed by atoms with Gasteiger partial charge in [-0.25, -0.2) is 0 Å². The van der Waals surface area contributed by atoms with Crippen LogP contribution in [-0.2, 0) is 4.79 Å². The van der Waals surface area contributed by atoms with Gasteiger partial charge in [-0.3, -0.25) is 4.79 Å². The summed E-state index contributed by atoms with van der Waals surface area (Å²) in [5.74, 6) is 0.0485. The molecule has 1 rings (SSSR count). The van der Waals surface area contributed by atoms with Crippen LogP contribution in [0.2, 0.25) is 0 Å². The lowest BCUT2D eigenvalue weighted by atomic mass is 10.1. The predicted octanol–water partition coefficient (Wildman–Crippen LogP) is 3.94. The van der Waals surface area contributed by atoms with Gasteiger partial charge in [0, 0.05) is 23.8 Å². The van der Waals surface area contributed by atoms with Crippen LogP contribution in [0.4, 0.5) is 11.4 Å². The van der Waals surface area contributed by atoms with Crippen LogP contribution in [0.15, 0.2) is 18.2 Å². The summed E-state index contributed by atoms with van der Waals surface area (Å²) in [5.41, 5.74) is 3.18. The van der Waals surface area contributed by atoms with Gasteiger partial charge in [0.15, 0.2) is 0 Å². The Hall–Kier alpha value is -1.51. The minimum absolute atomic E-state index is 0.0485. The van der Waals surface area contributed by atoms with E-state index in [9.17, 15) is 4.79 Å². The zero-order valence-electron chi connectivity index (χ0n) is 11.8. The molecule has 3 nitrogen and oxygen atoms in total. The second kappa shape index (κ2) is 7.04. The summed E-state index contributed by atoms with van der Waals surface area (Å²) in [6, 6.07) is 6.49. The first-order valence-corrected chi connectivity index (χ1v) is 6.77. The Morgan fingerprint density at radius 1 is 1.22 bits per heavy atom. The van der Waals surface area contributed by atoms with E-state index >= 15 is 0 Å². The lowest BCUT2D eigenvalue weighted by Crippen LogP contribution is -2.18. The molecule has 0 aliphatic rings. The molecule has 0 unspecified atom stereocenters.